The Labute approximate surface area is 151 Å². The van der Waals surface area contributed by atoms with Crippen molar-refractivity contribution in [3.63, 3.8) is 0 Å². The zero-order chi connectivity index (χ0) is 18.5. The normalized spacial score (nSPS) is 12.3. The van der Waals surface area contributed by atoms with Gasteiger partial charge in [-0.3, -0.25) is 10.1 Å². The molecule has 3 rings (SSSR count). The lowest BCUT2D eigenvalue weighted by atomic mass is 10.2. The molecule has 26 heavy (non-hydrogen) atoms. The zero-order valence-corrected chi connectivity index (χ0v) is 14.8. The maximum Gasteiger partial charge on any atom is 0.282 e. The van der Waals surface area contributed by atoms with E-state index in [4.69, 9.17) is 0 Å². The van der Waals surface area contributed by atoms with E-state index >= 15 is 0 Å². The molecule has 0 saturated carbocycles. The summed E-state index contributed by atoms with van der Waals surface area (Å²) in [5, 5.41) is 15.1. The lowest BCUT2D eigenvalue weighted by Crippen LogP contribution is -2.32. The van der Waals surface area contributed by atoms with Gasteiger partial charge in [0.25, 0.3) is 5.69 Å². The molecule has 0 radical (unpaired) electrons. The Kier molecular flexibility index (Phi) is 5.38. The third kappa shape index (κ3) is 4.12. The number of nitrogens with zero attached hydrogens (tertiary/aromatic N) is 4. The number of rotatable bonds is 7. The number of likely N-dealkylation sites (N-methyl/N-ethyl adjacent to an activating group) is 1. The molecule has 1 atom stereocenters. The first-order valence-electron chi connectivity index (χ1n) is 8.41. The largest absolute Gasteiger partial charge is 0.366 e. The van der Waals surface area contributed by atoms with Gasteiger partial charge < -0.3 is 10.2 Å². The van der Waals surface area contributed by atoms with Crippen LogP contribution < -0.4 is 5.32 Å². The fraction of sp³-hybridized carbons (Fsp3) is 0.263. The van der Waals surface area contributed by atoms with Crippen LogP contribution in [0.5, 0.6) is 0 Å². The highest BCUT2D eigenvalue weighted by atomic mass is 16.6. The minimum atomic E-state index is -0.400. The summed E-state index contributed by atoms with van der Waals surface area (Å²) in [6.07, 6.45) is 1.43. The summed E-state index contributed by atoms with van der Waals surface area (Å²) in [5.41, 5.74) is 1.81. The molecule has 1 N–H and O–H groups in total. The summed E-state index contributed by atoms with van der Waals surface area (Å²) in [4.78, 5) is 21.5. The summed E-state index contributed by atoms with van der Waals surface area (Å²) >= 11 is 0. The van der Waals surface area contributed by atoms with Crippen molar-refractivity contribution in [1.29, 1.82) is 0 Å². The Bertz CT molecular complexity index is 896. The molecule has 0 saturated heterocycles. The van der Waals surface area contributed by atoms with Gasteiger partial charge in [-0.1, -0.05) is 36.4 Å². The van der Waals surface area contributed by atoms with E-state index < -0.39 is 4.92 Å². The molecule has 7 nitrogen and oxygen atoms in total. The van der Waals surface area contributed by atoms with Gasteiger partial charge in [-0.25, -0.2) is 9.97 Å². The van der Waals surface area contributed by atoms with Gasteiger partial charge in [0.15, 0.2) is 0 Å². The number of fused-ring (bicyclic) bond motifs is 1. The second kappa shape index (κ2) is 7.88. The fourth-order valence-electron chi connectivity index (χ4n) is 3.06. The van der Waals surface area contributed by atoms with Gasteiger partial charge in [0, 0.05) is 25.2 Å². The van der Waals surface area contributed by atoms with E-state index in [1.807, 2.05) is 32.2 Å². The first kappa shape index (κ1) is 17.8. The molecule has 0 bridgehead atoms. The second-order valence-corrected chi connectivity index (χ2v) is 6.38. The quantitative estimate of drug-likeness (QED) is 0.518. The van der Waals surface area contributed by atoms with Crippen molar-refractivity contribution in [1.82, 2.24) is 14.9 Å². The van der Waals surface area contributed by atoms with Crippen LogP contribution >= 0.6 is 0 Å². The van der Waals surface area contributed by atoms with Crippen LogP contribution in [-0.4, -0.2) is 39.4 Å². The number of non-ortho nitro benzene ring substituents is 1. The van der Waals surface area contributed by atoms with Crippen molar-refractivity contribution in [2.75, 3.05) is 18.9 Å². The molecule has 7 heteroatoms. The Balaban J connectivity index is 1.75. The van der Waals surface area contributed by atoms with Gasteiger partial charge in [0.1, 0.15) is 17.5 Å². The third-order valence-electron chi connectivity index (χ3n) is 4.10. The number of aromatic nitrogens is 2. The molecule has 0 fully saturated rings. The monoisotopic (exact) mass is 351 g/mol. The summed E-state index contributed by atoms with van der Waals surface area (Å²) in [6.45, 7) is 3.63. The SMILES string of the molecule is C[C@H](CN(C)Cc1ccccc1)Nc1ncnc2cccc([N+](=O)[O-])c12. The standard InChI is InChI=1S/C19H21N5O2/c1-14(11-23(2)12-15-7-4-3-5-8-15)22-19-18-16(20-13-21-19)9-6-10-17(18)24(25)26/h3-10,13-14H,11-12H2,1-2H3,(H,20,21,22)/t14-/m1/s1. The van der Waals surface area contributed by atoms with Crippen LogP contribution in [-0.2, 0) is 6.54 Å². The minimum absolute atomic E-state index is 0.00967. The highest BCUT2D eigenvalue weighted by Gasteiger charge is 2.18. The van der Waals surface area contributed by atoms with Crippen molar-refractivity contribution < 1.29 is 4.92 Å². The molecule has 0 aliphatic heterocycles. The molecule has 1 heterocycles. The maximum atomic E-state index is 11.3. The number of nitro benzene ring substituents is 1. The van der Waals surface area contributed by atoms with E-state index in [-0.39, 0.29) is 11.7 Å². The predicted molar refractivity (Wildman–Crippen MR) is 102 cm³/mol. The molecular weight excluding hydrogens is 330 g/mol. The highest BCUT2D eigenvalue weighted by molar-refractivity contribution is 5.96. The second-order valence-electron chi connectivity index (χ2n) is 6.38. The van der Waals surface area contributed by atoms with E-state index in [0.29, 0.717) is 16.7 Å². The first-order chi connectivity index (χ1) is 12.5. The smallest absolute Gasteiger partial charge is 0.282 e. The lowest BCUT2D eigenvalue weighted by molar-refractivity contribution is -0.383. The molecule has 0 unspecified atom stereocenters. The molecule has 3 aromatic rings. The molecule has 134 valence electrons. The Hall–Kier alpha value is -3.06. The van der Waals surface area contributed by atoms with Crippen LogP contribution in [0, 0.1) is 10.1 Å². The Morgan fingerprint density at radius 1 is 1.15 bits per heavy atom. The molecule has 1 aromatic heterocycles. The van der Waals surface area contributed by atoms with E-state index in [1.54, 1.807) is 12.1 Å². The first-order valence-corrected chi connectivity index (χ1v) is 8.41. The van der Waals surface area contributed by atoms with Crippen molar-refractivity contribution in [3.8, 4) is 0 Å². The molecule has 0 aliphatic rings. The van der Waals surface area contributed by atoms with Crippen molar-refractivity contribution >= 4 is 22.4 Å². The zero-order valence-electron chi connectivity index (χ0n) is 14.8. The third-order valence-corrected chi connectivity index (χ3v) is 4.10. The van der Waals surface area contributed by atoms with Crippen LogP contribution in [0.3, 0.4) is 0 Å². The van der Waals surface area contributed by atoms with Gasteiger partial charge in [0.2, 0.25) is 0 Å². The van der Waals surface area contributed by atoms with E-state index in [2.05, 4.69) is 32.3 Å². The molecule has 0 amide bonds. The Morgan fingerprint density at radius 3 is 2.65 bits per heavy atom. The van der Waals surface area contributed by atoms with Crippen molar-refractivity contribution in [2.45, 2.75) is 19.5 Å². The van der Waals surface area contributed by atoms with Crippen LogP contribution in [0.15, 0.2) is 54.9 Å². The van der Waals surface area contributed by atoms with Gasteiger partial charge in [0.05, 0.1) is 10.4 Å². The number of nitro groups is 1. The lowest BCUT2D eigenvalue weighted by Gasteiger charge is -2.23. The molecule has 2 aromatic carbocycles. The summed E-state index contributed by atoms with van der Waals surface area (Å²) in [6, 6.07) is 15.2. The molecular formula is C19H21N5O2. The number of anilines is 1. The minimum Gasteiger partial charge on any atom is -0.366 e. The summed E-state index contributed by atoms with van der Waals surface area (Å²) in [5.74, 6) is 0.489. The van der Waals surface area contributed by atoms with E-state index in [0.717, 1.165) is 13.1 Å². The topological polar surface area (TPSA) is 84.2 Å². The fourth-order valence-corrected chi connectivity index (χ4v) is 3.06. The maximum absolute atomic E-state index is 11.3. The van der Waals surface area contributed by atoms with Crippen LogP contribution in [0.25, 0.3) is 10.9 Å². The predicted octanol–water partition coefficient (Wildman–Crippen LogP) is 3.47. The van der Waals surface area contributed by atoms with Gasteiger partial charge in [-0.05, 0) is 25.6 Å². The van der Waals surface area contributed by atoms with Crippen LogP contribution in [0.4, 0.5) is 11.5 Å². The van der Waals surface area contributed by atoms with Crippen LogP contribution in [0.1, 0.15) is 12.5 Å². The average molecular weight is 351 g/mol. The number of nitrogens with one attached hydrogen (secondary N) is 1. The van der Waals surface area contributed by atoms with Crippen molar-refractivity contribution in [2.24, 2.45) is 0 Å². The number of benzene rings is 2. The van der Waals surface area contributed by atoms with E-state index in [9.17, 15) is 10.1 Å². The van der Waals surface area contributed by atoms with Gasteiger partial charge in [-0.15, -0.1) is 0 Å². The van der Waals surface area contributed by atoms with E-state index in [1.165, 1.54) is 18.0 Å². The van der Waals surface area contributed by atoms with Gasteiger partial charge in [-0.2, -0.15) is 0 Å². The highest BCUT2D eigenvalue weighted by Crippen LogP contribution is 2.29. The Morgan fingerprint density at radius 2 is 1.92 bits per heavy atom. The number of hydrogen-bond donors (Lipinski definition) is 1. The summed E-state index contributed by atoms with van der Waals surface area (Å²) < 4.78 is 0. The summed E-state index contributed by atoms with van der Waals surface area (Å²) in [7, 11) is 2.05. The molecule has 0 aliphatic carbocycles. The van der Waals surface area contributed by atoms with Crippen LogP contribution in [0.2, 0.25) is 0 Å². The molecule has 0 spiro atoms. The average Bonchev–Trinajstić information content (AvgIpc) is 2.62. The van der Waals surface area contributed by atoms with Crippen molar-refractivity contribution in [3.05, 3.63) is 70.5 Å². The van der Waals surface area contributed by atoms with Gasteiger partial charge >= 0.3 is 0 Å². The number of hydrogen-bond acceptors (Lipinski definition) is 6.